The summed E-state index contributed by atoms with van der Waals surface area (Å²) in [6, 6.07) is 11.0. The number of benzene rings is 2. The van der Waals surface area contributed by atoms with Gasteiger partial charge < -0.3 is 15.5 Å². The van der Waals surface area contributed by atoms with Crippen LogP contribution in [-0.4, -0.2) is 41.8 Å². The maximum absolute atomic E-state index is 12.8. The number of anilines is 1. The first kappa shape index (κ1) is 21.6. The monoisotopic (exact) mass is 497 g/mol. The molecule has 1 fully saturated rings. The van der Waals surface area contributed by atoms with Gasteiger partial charge in [0.15, 0.2) is 0 Å². The molecular formula is C20H18BrCl2N3O3. The van der Waals surface area contributed by atoms with Gasteiger partial charge in [0.1, 0.15) is 6.04 Å². The molecule has 152 valence electrons. The summed E-state index contributed by atoms with van der Waals surface area (Å²) in [4.78, 5) is 39.0. The van der Waals surface area contributed by atoms with Crippen molar-refractivity contribution in [3.05, 3.63) is 62.5 Å². The highest BCUT2D eigenvalue weighted by Crippen LogP contribution is 2.24. The Balaban J connectivity index is 1.58. The lowest BCUT2D eigenvalue weighted by Crippen LogP contribution is -2.47. The third-order valence-electron chi connectivity index (χ3n) is 4.48. The van der Waals surface area contributed by atoms with Crippen molar-refractivity contribution < 1.29 is 14.4 Å². The van der Waals surface area contributed by atoms with E-state index in [-0.39, 0.29) is 24.3 Å². The fraction of sp³-hybridized carbons (Fsp3) is 0.250. The molecule has 1 atom stereocenters. The van der Waals surface area contributed by atoms with E-state index >= 15 is 0 Å². The Morgan fingerprint density at radius 1 is 1.07 bits per heavy atom. The lowest BCUT2D eigenvalue weighted by Gasteiger charge is -2.24. The molecule has 1 saturated heterocycles. The van der Waals surface area contributed by atoms with Crippen LogP contribution in [0.25, 0.3) is 0 Å². The predicted octanol–water partition coefficient (Wildman–Crippen LogP) is 4.12. The standard InChI is InChI=1S/C20H18BrCl2N3O3/c21-13-3-5-16(6-4-13)25-18(27)11-24-19(28)17-2-1-7-26(17)20(29)12-8-14(22)10-15(23)9-12/h3-6,8-10,17H,1-2,7,11H2,(H,24,28)(H,25,27). The van der Waals surface area contributed by atoms with Crippen molar-refractivity contribution in [2.75, 3.05) is 18.4 Å². The minimum atomic E-state index is -0.638. The molecule has 3 rings (SSSR count). The van der Waals surface area contributed by atoms with E-state index < -0.39 is 6.04 Å². The summed E-state index contributed by atoms with van der Waals surface area (Å²) in [5.74, 6) is -1.03. The van der Waals surface area contributed by atoms with Crippen LogP contribution in [0.5, 0.6) is 0 Å². The number of nitrogens with zero attached hydrogens (tertiary/aromatic N) is 1. The van der Waals surface area contributed by atoms with E-state index in [4.69, 9.17) is 23.2 Å². The second-order valence-electron chi connectivity index (χ2n) is 6.59. The minimum Gasteiger partial charge on any atom is -0.345 e. The van der Waals surface area contributed by atoms with Crippen LogP contribution in [0, 0.1) is 0 Å². The van der Waals surface area contributed by atoms with Crippen molar-refractivity contribution in [2.24, 2.45) is 0 Å². The van der Waals surface area contributed by atoms with Crippen LogP contribution in [0.2, 0.25) is 10.0 Å². The highest BCUT2D eigenvalue weighted by molar-refractivity contribution is 9.10. The molecule has 29 heavy (non-hydrogen) atoms. The number of carbonyl (C=O) groups is 3. The van der Waals surface area contributed by atoms with Gasteiger partial charge in [-0.05, 0) is 55.3 Å². The SMILES string of the molecule is O=C(CNC(=O)C1CCCN1C(=O)c1cc(Cl)cc(Cl)c1)Nc1ccc(Br)cc1. The number of nitrogens with one attached hydrogen (secondary N) is 2. The maximum atomic E-state index is 12.8. The van der Waals surface area contributed by atoms with Gasteiger partial charge in [-0.1, -0.05) is 39.1 Å². The van der Waals surface area contributed by atoms with Gasteiger partial charge in [-0.2, -0.15) is 0 Å². The van der Waals surface area contributed by atoms with E-state index in [1.807, 2.05) is 0 Å². The fourth-order valence-electron chi connectivity index (χ4n) is 3.15. The molecule has 1 unspecified atom stereocenters. The molecule has 3 amide bonds. The second-order valence-corrected chi connectivity index (χ2v) is 8.38. The zero-order chi connectivity index (χ0) is 21.0. The lowest BCUT2D eigenvalue weighted by atomic mass is 10.1. The first-order valence-corrected chi connectivity index (χ1v) is 10.5. The van der Waals surface area contributed by atoms with Crippen molar-refractivity contribution in [1.82, 2.24) is 10.2 Å². The van der Waals surface area contributed by atoms with E-state index in [2.05, 4.69) is 26.6 Å². The average Bonchev–Trinajstić information content (AvgIpc) is 3.16. The molecule has 0 bridgehead atoms. The molecular weight excluding hydrogens is 481 g/mol. The first-order valence-electron chi connectivity index (χ1n) is 8.93. The molecule has 0 saturated carbocycles. The van der Waals surface area contributed by atoms with E-state index in [0.717, 1.165) is 4.47 Å². The number of likely N-dealkylation sites (tertiary alicyclic amines) is 1. The quantitative estimate of drug-likeness (QED) is 0.650. The van der Waals surface area contributed by atoms with Gasteiger partial charge in [-0.25, -0.2) is 0 Å². The smallest absolute Gasteiger partial charge is 0.254 e. The molecule has 1 heterocycles. The first-order chi connectivity index (χ1) is 13.8. The Morgan fingerprint density at radius 3 is 2.38 bits per heavy atom. The van der Waals surface area contributed by atoms with Crippen molar-refractivity contribution in [1.29, 1.82) is 0 Å². The average molecular weight is 499 g/mol. The van der Waals surface area contributed by atoms with Crippen molar-refractivity contribution in [3.63, 3.8) is 0 Å². The van der Waals surface area contributed by atoms with Crippen molar-refractivity contribution in [3.8, 4) is 0 Å². The summed E-state index contributed by atoms with van der Waals surface area (Å²) in [5, 5.41) is 6.02. The molecule has 2 aromatic rings. The van der Waals surface area contributed by atoms with Gasteiger partial charge in [0.05, 0.1) is 6.54 Å². The van der Waals surface area contributed by atoms with Gasteiger partial charge in [0.2, 0.25) is 11.8 Å². The third kappa shape index (κ3) is 5.72. The Labute approximate surface area is 186 Å². The molecule has 0 spiro atoms. The topological polar surface area (TPSA) is 78.5 Å². The van der Waals surface area contributed by atoms with Crippen LogP contribution in [0.15, 0.2) is 46.9 Å². The molecule has 2 N–H and O–H groups in total. The Morgan fingerprint density at radius 2 is 1.72 bits per heavy atom. The highest BCUT2D eigenvalue weighted by Gasteiger charge is 2.34. The molecule has 0 radical (unpaired) electrons. The number of carbonyl (C=O) groups excluding carboxylic acids is 3. The normalized spacial score (nSPS) is 15.8. The van der Waals surface area contributed by atoms with Crippen LogP contribution in [0.4, 0.5) is 5.69 Å². The molecule has 2 aromatic carbocycles. The molecule has 0 aliphatic carbocycles. The zero-order valence-corrected chi connectivity index (χ0v) is 18.4. The number of rotatable bonds is 5. The van der Waals surface area contributed by atoms with Crippen molar-refractivity contribution in [2.45, 2.75) is 18.9 Å². The van der Waals surface area contributed by atoms with E-state index in [9.17, 15) is 14.4 Å². The van der Waals surface area contributed by atoms with E-state index in [1.54, 1.807) is 24.3 Å². The predicted molar refractivity (Wildman–Crippen MR) is 116 cm³/mol. The molecule has 9 heteroatoms. The number of hydrogen-bond donors (Lipinski definition) is 2. The van der Waals surface area contributed by atoms with Gasteiger partial charge >= 0.3 is 0 Å². The van der Waals surface area contributed by atoms with Crippen molar-refractivity contribution >= 4 is 62.5 Å². The van der Waals surface area contributed by atoms with Crippen LogP contribution in [0.1, 0.15) is 23.2 Å². The molecule has 6 nitrogen and oxygen atoms in total. The highest BCUT2D eigenvalue weighted by atomic mass is 79.9. The molecule has 1 aliphatic rings. The number of hydrogen-bond acceptors (Lipinski definition) is 3. The third-order valence-corrected chi connectivity index (χ3v) is 5.44. The Kier molecular flexibility index (Phi) is 7.16. The number of amides is 3. The van der Waals surface area contributed by atoms with E-state index in [1.165, 1.54) is 23.1 Å². The summed E-state index contributed by atoms with van der Waals surface area (Å²) >= 11 is 15.3. The number of halogens is 3. The fourth-order valence-corrected chi connectivity index (χ4v) is 3.94. The summed E-state index contributed by atoms with van der Waals surface area (Å²) in [5.41, 5.74) is 0.957. The van der Waals surface area contributed by atoms with Gasteiger partial charge in [-0.15, -0.1) is 0 Å². The van der Waals surface area contributed by atoms with Crippen LogP contribution in [-0.2, 0) is 9.59 Å². The Bertz CT molecular complexity index is 917. The minimum absolute atomic E-state index is 0.184. The van der Waals surface area contributed by atoms with Crippen LogP contribution < -0.4 is 10.6 Å². The lowest BCUT2D eigenvalue weighted by molar-refractivity contribution is -0.127. The molecule has 1 aliphatic heterocycles. The maximum Gasteiger partial charge on any atom is 0.254 e. The zero-order valence-electron chi connectivity index (χ0n) is 15.3. The van der Waals surface area contributed by atoms with Gasteiger partial charge in [-0.3, -0.25) is 14.4 Å². The largest absolute Gasteiger partial charge is 0.345 e. The van der Waals surface area contributed by atoms with Crippen LogP contribution >= 0.6 is 39.1 Å². The summed E-state index contributed by atoms with van der Waals surface area (Å²) in [6.45, 7) is 0.266. The van der Waals surface area contributed by atoms with Gasteiger partial charge in [0.25, 0.3) is 5.91 Å². The summed E-state index contributed by atoms with van der Waals surface area (Å²) in [7, 11) is 0. The molecule has 0 aromatic heterocycles. The summed E-state index contributed by atoms with van der Waals surface area (Å²) < 4.78 is 0.899. The van der Waals surface area contributed by atoms with Gasteiger partial charge in [0, 0.05) is 32.3 Å². The van der Waals surface area contributed by atoms with E-state index in [0.29, 0.717) is 40.7 Å². The Hall–Kier alpha value is -2.09. The second kappa shape index (κ2) is 9.61. The van der Waals surface area contributed by atoms with Crippen LogP contribution in [0.3, 0.4) is 0 Å². The summed E-state index contributed by atoms with van der Waals surface area (Å²) in [6.07, 6.45) is 1.23.